The minimum absolute atomic E-state index is 0.0313. The molecule has 4 aromatic rings. The lowest BCUT2D eigenvalue weighted by molar-refractivity contribution is 0.0827. The highest BCUT2D eigenvalue weighted by molar-refractivity contribution is 5.95. The number of benzene rings is 1. The van der Waals surface area contributed by atoms with Gasteiger partial charge in [-0.15, -0.1) is 0 Å². The standard InChI is InChI=1S/C30H33N7O/c1-19-15-22(20-5-7-21(8-6-20)30(38)35(2)3)12-14-37(19)18-23-16-26-24(11-13-33-29(26)36(23)4)25-9-10-28(32)34-27(25)17-31/h5-11,13,16,19,22H,12,14-15,18H2,1-4H3,(H2,32,34)/t19-,22+/m1/s1. The fourth-order valence-electron chi connectivity index (χ4n) is 5.56. The third-order valence-electron chi connectivity index (χ3n) is 7.76. The summed E-state index contributed by atoms with van der Waals surface area (Å²) in [6, 6.07) is 18.4. The summed E-state index contributed by atoms with van der Waals surface area (Å²) in [4.78, 5) is 25.2. The molecular weight excluding hydrogens is 474 g/mol. The summed E-state index contributed by atoms with van der Waals surface area (Å²) in [6.45, 7) is 4.11. The first-order chi connectivity index (χ1) is 18.3. The number of aromatic nitrogens is 3. The molecule has 194 valence electrons. The maximum absolute atomic E-state index is 12.2. The average molecular weight is 508 g/mol. The molecule has 0 radical (unpaired) electrons. The van der Waals surface area contributed by atoms with Crippen LogP contribution in [-0.4, -0.2) is 56.9 Å². The van der Waals surface area contributed by atoms with Crippen LogP contribution in [0.3, 0.4) is 0 Å². The van der Waals surface area contributed by atoms with Crippen molar-refractivity contribution in [2.45, 2.75) is 38.3 Å². The van der Waals surface area contributed by atoms with Crippen molar-refractivity contribution < 1.29 is 4.79 Å². The fraction of sp³-hybridized carbons (Fsp3) is 0.333. The van der Waals surface area contributed by atoms with Crippen LogP contribution in [0.4, 0.5) is 5.82 Å². The number of likely N-dealkylation sites (tertiary alicyclic amines) is 1. The lowest BCUT2D eigenvalue weighted by atomic mass is 9.85. The number of nitriles is 1. The zero-order valence-corrected chi connectivity index (χ0v) is 22.3. The topological polar surface area (TPSA) is 104 Å². The molecule has 1 saturated heterocycles. The number of hydrogen-bond donors (Lipinski definition) is 1. The van der Waals surface area contributed by atoms with Crippen molar-refractivity contribution in [1.82, 2.24) is 24.3 Å². The molecule has 4 heterocycles. The molecule has 0 saturated carbocycles. The van der Waals surface area contributed by atoms with Crippen molar-refractivity contribution in [3.05, 3.63) is 77.2 Å². The average Bonchev–Trinajstić information content (AvgIpc) is 3.24. The first-order valence-electron chi connectivity index (χ1n) is 12.9. The number of piperidine rings is 1. The number of hydrogen-bond acceptors (Lipinski definition) is 6. The summed E-state index contributed by atoms with van der Waals surface area (Å²) >= 11 is 0. The van der Waals surface area contributed by atoms with Crippen molar-refractivity contribution in [1.29, 1.82) is 5.26 Å². The van der Waals surface area contributed by atoms with Gasteiger partial charge in [-0.25, -0.2) is 9.97 Å². The van der Waals surface area contributed by atoms with Crippen molar-refractivity contribution in [3.8, 4) is 17.2 Å². The van der Waals surface area contributed by atoms with Crippen LogP contribution in [0, 0.1) is 11.3 Å². The molecule has 0 aliphatic carbocycles. The van der Waals surface area contributed by atoms with Crippen LogP contribution in [-0.2, 0) is 13.6 Å². The van der Waals surface area contributed by atoms with E-state index in [0.717, 1.165) is 53.7 Å². The number of aryl methyl sites for hydroxylation is 1. The second kappa shape index (κ2) is 10.3. The Labute approximate surface area is 223 Å². The van der Waals surface area contributed by atoms with E-state index >= 15 is 0 Å². The number of nitrogens with zero attached hydrogens (tertiary/aromatic N) is 6. The molecular formula is C30H33N7O. The lowest BCUT2D eigenvalue weighted by Crippen LogP contribution is -2.39. The summed E-state index contributed by atoms with van der Waals surface area (Å²) < 4.78 is 2.15. The van der Waals surface area contributed by atoms with Gasteiger partial charge in [0, 0.05) is 62.1 Å². The molecule has 38 heavy (non-hydrogen) atoms. The maximum atomic E-state index is 12.2. The Hall–Kier alpha value is -4.22. The van der Waals surface area contributed by atoms with Gasteiger partial charge in [-0.2, -0.15) is 5.26 Å². The number of carbonyl (C=O) groups is 1. The van der Waals surface area contributed by atoms with Gasteiger partial charge in [0.2, 0.25) is 0 Å². The van der Waals surface area contributed by atoms with Gasteiger partial charge in [-0.05, 0) is 79.8 Å². The largest absolute Gasteiger partial charge is 0.384 e. The minimum Gasteiger partial charge on any atom is -0.384 e. The number of carbonyl (C=O) groups excluding carboxylic acids is 1. The van der Waals surface area contributed by atoms with Gasteiger partial charge in [-0.3, -0.25) is 9.69 Å². The highest BCUT2D eigenvalue weighted by Gasteiger charge is 2.27. The van der Waals surface area contributed by atoms with E-state index in [0.29, 0.717) is 23.5 Å². The highest BCUT2D eigenvalue weighted by Crippen LogP contribution is 2.35. The van der Waals surface area contributed by atoms with E-state index < -0.39 is 0 Å². The Morgan fingerprint density at radius 2 is 1.92 bits per heavy atom. The van der Waals surface area contributed by atoms with Gasteiger partial charge >= 0.3 is 0 Å². The zero-order valence-electron chi connectivity index (χ0n) is 22.3. The van der Waals surface area contributed by atoms with Gasteiger partial charge in [-0.1, -0.05) is 12.1 Å². The van der Waals surface area contributed by atoms with Crippen molar-refractivity contribution >= 4 is 22.8 Å². The van der Waals surface area contributed by atoms with E-state index in [1.54, 1.807) is 31.3 Å². The predicted octanol–water partition coefficient (Wildman–Crippen LogP) is 4.56. The molecule has 8 heteroatoms. The Kier molecular flexibility index (Phi) is 6.87. The second-order valence-electron chi connectivity index (χ2n) is 10.4. The molecule has 1 aliphatic heterocycles. The number of rotatable bonds is 5. The SMILES string of the molecule is C[C@@H]1C[C@@H](c2ccc(C(=O)N(C)C)cc2)CCN1Cc1cc2c(-c3ccc(N)nc3C#N)ccnc2n1C. The first kappa shape index (κ1) is 25.4. The van der Waals surface area contributed by atoms with Gasteiger partial charge < -0.3 is 15.2 Å². The monoisotopic (exact) mass is 507 g/mol. The van der Waals surface area contributed by atoms with E-state index in [4.69, 9.17) is 5.73 Å². The molecule has 0 unspecified atom stereocenters. The van der Waals surface area contributed by atoms with E-state index in [1.165, 1.54) is 11.3 Å². The third-order valence-corrected chi connectivity index (χ3v) is 7.76. The van der Waals surface area contributed by atoms with Crippen molar-refractivity contribution in [3.63, 3.8) is 0 Å². The van der Waals surface area contributed by atoms with Crippen molar-refractivity contribution in [2.75, 3.05) is 26.4 Å². The van der Waals surface area contributed by atoms with Gasteiger partial charge in [0.15, 0.2) is 5.69 Å². The summed E-state index contributed by atoms with van der Waals surface area (Å²) in [6.07, 6.45) is 3.92. The lowest BCUT2D eigenvalue weighted by Gasteiger charge is -2.38. The summed E-state index contributed by atoms with van der Waals surface area (Å²) in [5, 5.41) is 10.6. The smallest absolute Gasteiger partial charge is 0.253 e. The summed E-state index contributed by atoms with van der Waals surface area (Å²) in [5.74, 6) is 0.844. The molecule has 1 amide bonds. The molecule has 1 aliphatic rings. The normalized spacial score (nSPS) is 17.9. The number of amides is 1. The quantitative estimate of drug-likeness (QED) is 0.425. The molecule has 0 spiro atoms. The van der Waals surface area contributed by atoms with Crippen LogP contribution in [0.1, 0.15) is 53.0 Å². The summed E-state index contributed by atoms with van der Waals surface area (Å²) in [5.41, 5.74) is 11.9. The Balaban J connectivity index is 1.35. The van der Waals surface area contributed by atoms with Crippen LogP contribution < -0.4 is 5.73 Å². The van der Waals surface area contributed by atoms with Gasteiger partial charge in [0.1, 0.15) is 17.5 Å². The fourth-order valence-corrected chi connectivity index (χ4v) is 5.56. The molecule has 8 nitrogen and oxygen atoms in total. The second-order valence-corrected chi connectivity index (χ2v) is 10.4. The number of fused-ring (bicyclic) bond motifs is 1. The number of nitrogens with two attached hydrogens (primary N) is 1. The number of pyridine rings is 2. The van der Waals surface area contributed by atoms with Crippen LogP contribution in [0.2, 0.25) is 0 Å². The molecule has 1 fully saturated rings. The molecule has 2 N–H and O–H groups in total. The maximum Gasteiger partial charge on any atom is 0.253 e. The third kappa shape index (κ3) is 4.73. The van der Waals surface area contributed by atoms with Crippen LogP contribution in [0.5, 0.6) is 0 Å². The molecule has 2 atom stereocenters. The Morgan fingerprint density at radius 1 is 1.16 bits per heavy atom. The molecule has 0 bridgehead atoms. The van der Waals surface area contributed by atoms with E-state index in [9.17, 15) is 10.1 Å². The summed E-state index contributed by atoms with van der Waals surface area (Å²) in [7, 11) is 5.60. The van der Waals surface area contributed by atoms with Crippen LogP contribution in [0.15, 0.2) is 54.7 Å². The van der Waals surface area contributed by atoms with E-state index in [2.05, 4.69) is 57.7 Å². The van der Waals surface area contributed by atoms with Crippen molar-refractivity contribution in [2.24, 2.45) is 7.05 Å². The predicted molar refractivity (Wildman–Crippen MR) is 149 cm³/mol. The highest BCUT2D eigenvalue weighted by atomic mass is 16.2. The van der Waals surface area contributed by atoms with Gasteiger partial charge in [0.05, 0.1) is 0 Å². The minimum atomic E-state index is 0.0313. The van der Waals surface area contributed by atoms with Crippen LogP contribution >= 0.6 is 0 Å². The number of nitrogen functional groups attached to an aromatic ring is 1. The van der Waals surface area contributed by atoms with Crippen LogP contribution in [0.25, 0.3) is 22.2 Å². The Morgan fingerprint density at radius 3 is 2.61 bits per heavy atom. The Bertz CT molecular complexity index is 1530. The molecule has 1 aromatic carbocycles. The molecule has 3 aromatic heterocycles. The first-order valence-corrected chi connectivity index (χ1v) is 12.9. The van der Waals surface area contributed by atoms with E-state index in [1.807, 2.05) is 24.3 Å². The molecule has 5 rings (SSSR count). The number of anilines is 1. The zero-order chi connectivity index (χ0) is 27.0. The van der Waals surface area contributed by atoms with Gasteiger partial charge in [0.25, 0.3) is 5.91 Å². The van der Waals surface area contributed by atoms with E-state index in [-0.39, 0.29) is 5.91 Å².